The Hall–Kier alpha value is -3.32. The van der Waals surface area contributed by atoms with E-state index in [1.54, 1.807) is 24.3 Å². The van der Waals surface area contributed by atoms with Crippen molar-refractivity contribution in [2.75, 3.05) is 6.61 Å². The maximum atomic E-state index is 12.2. The smallest absolute Gasteiger partial charge is 0.276 e. The molecular weight excluding hydrogens is 460 g/mol. The minimum absolute atomic E-state index is 0.212. The van der Waals surface area contributed by atoms with Gasteiger partial charge in [0.05, 0.1) is 0 Å². The van der Waals surface area contributed by atoms with E-state index in [1.807, 2.05) is 56.3 Å². The maximum Gasteiger partial charge on any atom is 0.276 e. The minimum atomic E-state index is -0.460. The van der Waals surface area contributed by atoms with Gasteiger partial charge < -0.3 is 9.47 Å². The molecule has 0 radical (unpaired) electrons. The summed E-state index contributed by atoms with van der Waals surface area (Å²) in [6.07, 6.45) is 0. The molecule has 0 bridgehead atoms. The molecule has 3 aromatic rings. The number of ether oxygens (including phenoxy) is 2. The van der Waals surface area contributed by atoms with E-state index in [9.17, 15) is 9.59 Å². The number of amides is 2. The molecule has 0 aliphatic carbocycles. The largest absolute Gasteiger partial charge is 0.489 e. The average Bonchev–Trinajstić information content (AvgIpc) is 2.76. The number of hydrogen-bond donors (Lipinski definition) is 2. The summed E-state index contributed by atoms with van der Waals surface area (Å²) in [5.74, 6) is 0.408. The van der Waals surface area contributed by atoms with Crippen molar-refractivity contribution in [1.82, 2.24) is 10.9 Å². The van der Waals surface area contributed by atoms with Crippen LogP contribution in [0.3, 0.4) is 0 Å². The normalized spacial score (nSPS) is 10.3. The quantitative estimate of drug-likeness (QED) is 0.486. The van der Waals surface area contributed by atoms with Crippen molar-refractivity contribution < 1.29 is 19.1 Å². The summed E-state index contributed by atoms with van der Waals surface area (Å²) < 4.78 is 12.3. The monoisotopic (exact) mass is 482 g/mol. The first-order valence-corrected chi connectivity index (χ1v) is 10.5. The van der Waals surface area contributed by atoms with Gasteiger partial charge in [0.2, 0.25) is 0 Å². The summed E-state index contributed by atoms with van der Waals surface area (Å²) in [7, 11) is 0. The van der Waals surface area contributed by atoms with Crippen LogP contribution in [-0.2, 0) is 11.4 Å². The van der Waals surface area contributed by atoms with Crippen LogP contribution < -0.4 is 20.3 Å². The molecule has 0 aliphatic rings. The lowest BCUT2D eigenvalue weighted by molar-refractivity contribution is -0.123. The van der Waals surface area contributed by atoms with Gasteiger partial charge >= 0.3 is 0 Å². The van der Waals surface area contributed by atoms with Crippen LogP contribution in [0.2, 0.25) is 0 Å². The molecule has 160 valence electrons. The van der Waals surface area contributed by atoms with E-state index in [-0.39, 0.29) is 6.61 Å². The van der Waals surface area contributed by atoms with Crippen LogP contribution >= 0.6 is 15.9 Å². The number of benzene rings is 3. The predicted molar refractivity (Wildman–Crippen MR) is 122 cm³/mol. The molecule has 2 amide bonds. The van der Waals surface area contributed by atoms with Crippen molar-refractivity contribution in [1.29, 1.82) is 0 Å². The average molecular weight is 483 g/mol. The zero-order valence-electron chi connectivity index (χ0n) is 17.3. The van der Waals surface area contributed by atoms with Gasteiger partial charge in [-0.3, -0.25) is 20.4 Å². The highest BCUT2D eigenvalue weighted by atomic mass is 79.9. The molecule has 0 heterocycles. The second kappa shape index (κ2) is 10.6. The van der Waals surface area contributed by atoms with E-state index < -0.39 is 11.8 Å². The summed E-state index contributed by atoms with van der Waals surface area (Å²) in [5.41, 5.74) is 8.03. The molecule has 7 heteroatoms. The third-order valence-electron chi connectivity index (χ3n) is 4.45. The fraction of sp³-hybridized carbons (Fsp3) is 0.167. The number of nitrogens with one attached hydrogen (secondary N) is 2. The molecule has 0 unspecified atom stereocenters. The molecule has 0 saturated carbocycles. The number of carbonyl (C=O) groups excluding carboxylic acids is 2. The summed E-state index contributed by atoms with van der Waals surface area (Å²) in [4.78, 5) is 24.3. The van der Waals surface area contributed by atoms with Crippen LogP contribution in [-0.4, -0.2) is 18.4 Å². The van der Waals surface area contributed by atoms with Crippen molar-refractivity contribution in [3.63, 3.8) is 0 Å². The fourth-order valence-electron chi connectivity index (χ4n) is 2.94. The first-order valence-electron chi connectivity index (χ1n) is 9.68. The minimum Gasteiger partial charge on any atom is -0.489 e. The van der Waals surface area contributed by atoms with Crippen LogP contribution in [0.1, 0.15) is 27.0 Å². The van der Waals surface area contributed by atoms with Gasteiger partial charge in [-0.15, -0.1) is 0 Å². The number of rotatable bonds is 7. The highest BCUT2D eigenvalue weighted by Crippen LogP contribution is 2.27. The highest BCUT2D eigenvalue weighted by molar-refractivity contribution is 9.10. The zero-order chi connectivity index (χ0) is 22.2. The number of halogens is 1. The van der Waals surface area contributed by atoms with Crippen LogP contribution in [0.4, 0.5) is 0 Å². The van der Waals surface area contributed by atoms with Crippen LogP contribution in [0.25, 0.3) is 0 Å². The van der Waals surface area contributed by atoms with Gasteiger partial charge in [0.1, 0.15) is 18.1 Å². The summed E-state index contributed by atoms with van der Waals surface area (Å²) >= 11 is 3.42. The van der Waals surface area contributed by atoms with Gasteiger partial charge in [0.15, 0.2) is 6.61 Å². The van der Waals surface area contributed by atoms with Crippen molar-refractivity contribution in [2.24, 2.45) is 0 Å². The molecule has 3 rings (SSSR count). The third-order valence-corrected chi connectivity index (χ3v) is 4.91. The molecule has 0 fully saturated rings. The van der Waals surface area contributed by atoms with Gasteiger partial charge in [-0.05, 0) is 66.9 Å². The van der Waals surface area contributed by atoms with Crippen molar-refractivity contribution in [2.45, 2.75) is 20.5 Å². The molecule has 0 aliphatic heterocycles. The SMILES string of the molecule is Cc1cc(Br)cc(C)c1OCC(=O)NNC(=O)c1ccc(OCc2ccccc2)cc1. The Balaban J connectivity index is 1.45. The van der Waals surface area contributed by atoms with Crippen LogP contribution in [0, 0.1) is 13.8 Å². The van der Waals surface area contributed by atoms with E-state index in [4.69, 9.17) is 9.47 Å². The lowest BCUT2D eigenvalue weighted by Crippen LogP contribution is -2.43. The lowest BCUT2D eigenvalue weighted by atomic mass is 10.1. The molecular formula is C24H23BrN2O4. The Morgan fingerprint density at radius 1 is 0.871 bits per heavy atom. The first kappa shape index (κ1) is 22.4. The summed E-state index contributed by atoms with van der Waals surface area (Å²) in [6, 6.07) is 20.3. The second-order valence-electron chi connectivity index (χ2n) is 6.96. The van der Waals surface area contributed by atoms with Crippen molar-refractivity contribution in [3.8, 4) is 11.5 Å². The molecule has 0 saturated heterocycles. The number of aryl methyl sites for hydroxylation is 2. The van der Waals surface area contributed by atoms with Gasteiger partial charge in [-0.1, -0.05) is 46.3 Å². The Morgan fingerprint density at radius 2 is 1.52 bits per heavy atom. The molecule has 0 aromatic heterocycles. The van der Waals surface area contributed by atoms with Gasteiger partial charge in [-0.2, -0.15) is 0 Å². The zero-order valence-corrected chi connectivity index (χ0v) is 18.9. The molecule has 2 N–H and O–H groups in total. The Bertz CT molecular complexity index is 1030. The number of hydrogen-bond acceptors (Lipinski definition) is 4. The number of hydrazine groups is 1. The standard InChI is InChI=1S/C24H23BrN2O4/c1-16-12-20(25)13-17(2)23(16)31-15-22(28)26-27-24(29)19-8-10-21(11-9-19)30-14-18-6-4-3-5-7-18/h3-13H,14-15H2,1-2H3,(H,26,28)(H,27,29). The van der Waals surface area contributed by atoms with Crippen LogP contribution in [0.5, 0.6) is 11.5 Å². The lowest BCUT2D eigenvalue weighted by Gasteiger charge is -2.13. The van der Waals surface area contributed by atoms with Gasteiger partial charge in [0, 0.05) is 10.0 Å². The Morgan fingerprint density at radius 3 is 2.16 bits per heavy atom. The van der Waals surface area contributed by atoms with Gasteiger partial charge in [0.25, 0.3) is 11.8 Å². The summed E-state index contributed by atoms with van der Waals surface area (Å²) in [5, 5.41) is 0. The highest BCUT2D eigenvalue weighted by Gasteiger charge is 2.11. The number of carbonyl (C=O) groups is 2. The van der Waals surface area contributed by atoms with E-state index in [0.717, 1.165) is 21.2 Å². The molecule has 0 spiro atoms. The molecule has 0 atom stereocenters. The van der Waals surface area contributed by atoms with Crippen LogP contribution in [0.15, 0.2) is 71.2 Å². The third kappa shape index (κ3) is 6.58. The molecule has 3 aromatic carbocycles. The second-order valence-corrected chi connectivity index (χ2v) is 7.87. The van der Waals surface area contributed by atoms with E-state index in [1.165, 1.54) is 0 Å². The Labute approximate surface area is 189 Å². The van der Waals surface area contributed by atoms with Gasteiger partial charge in [-0.25, -0.2) is 0 Å². The van der Waals surface area contributed by atoms with E-state index in [0.29, 0.717) is 23.7 Å². The first-order chi connectivity index (χ1) is 14.9. The predicted octanol–water partition coefficient (Wildman–Crippen LogP) is 4.48. The maximum absolute atomic E-state index is 12.2. The molecule has 6 nitrogen and oxygen atoms in total. The van der Waals surface area contributed by atoms with E-state index >= 15 is 0 Å². The topological polar surface area (TPSA) is 76.7 Å². The summed E-state index contributed by atoms with van der Waals surface area (Å²) in [6.45, 7) is 4.04. The Kier molecular flexibility index (Phi) is 7.67. The molecule has 31 heavy (non-hydrogen) atoms. The van der Waals surface area contributed by atoms with Crippen molar-refractivity contribution in [3.05, 3.63) is 93.5 Å². The fourth-order valence-corrected chi connectivity index (χ4v) is 3.63. The van der Waals surface area contributed by atoms with Crippen molar-refractivity contribution >= 4 is 27.7 Å². The van der Waals surface area contributed by atoms with E-state index in [2.05, 4.69) is 26.8 Å².